The van der Waals surface area contributed by atoms with Crippen LogP contribution in [0.2, 0.25) is 5.02 Å². The Balaban J connectivity index is 1.64. The van der Waals surface area contributed by atoms with E-state index in [-0.39, 0.29) is 16.5 Å². The second-order valence-corrected chi connectivity index (χ2v) is 9.21. The summed E-state index contributed by atoms with van der Waals surface area (Å²) in [6, 6.07) is 12.6. The lowest BCUT2D eigenvalue weighted by Crippen LogP contribution is -2.23. The molecule has 8 heteroatoms. The number of hydrogen-bond acceptors (Lipinski definition) is 4. The van der Waals surface area contributed by atoms with Crippen molar-refractivity contribution in [2.75, 3.05) is 24.1 Å². The highest BCUT2D eigenvalue weighted by atomic mass is 35.5. The van der Waals surface area contributed by atoms with Crippen molar-refractivity contribution in [1.82, 2.24) is 10.2 Å². The van der Waals surface area contributed by atoms with Gasteiger partial charge in [0.05, 0.1) is 16.8 Å². The van der Waals surface area contributed by atoms with Crippen LogP contribution in [0, 0.1) is 0 Å². The highest BCUT2D eigenvalue weighted by Crippen LogP contribution is 2.21. The molecule has 0 saturated carbocycles. The van der Waals surface area contributed by atoms with Crippen LogP contribution in [0.5, 0.6) is 0 Å². The van der Waals surface area contributed by atoms with Gasteiger partial charge in [-0.1, -0.05) is 35.9 Å². The number of rotatable bonds is 7. The molecule has 1 amide bonds. The van der Waals surface area contributed by atoms with Crippen LogP contribution in [-0.4, -0.2) is 38.6 Å². The number of nitrogens with zero attached hydrogens (tertiary/aromatic N) is 1. The van der Waals surface area contributed by atoms with Crippen LogP contribution < -0.4 is 10.0 Å². The van der Waals surface area contributed by atoms with E-state index in [9.17, 15) is 13.2 Å². The summed E-state index contributed by atoms with van der Waals surface area (Å²) >= 11 is 6.12. The highest BCUT2D eigenvalue weighted by Gasteiger charge is 2.14. The van der Waals surface area contributed by atoms with E-state index in [1.54, 1.807) is 0 Å². The maximum absolute atomic E-state index is 12.5. The molecule has 0 unspecified atom stereocenters. The van der Waals surface area contributed by atoms with Gasteiger partial charge in [0.2, 0.25) is 10.0 Å². The van der Waals surface area contributed by atoms with Crippen molar-refractivity contribution in [1.29, 1.82) is 0 Å². The Labute approximate surface area is 170 Å². The zero-order valence-electron chi connectivity index (χ0n) is 15.7. The third-order valence-corrected chi connectivity index (χ3v) is 5.50. The summed E-state index contributed by atoms with van der Waals surface area (Å²) in [6.45, 7) is 3.56. The maximum atomic E-state index is 12.5. The Kier molecular flexibility index (Phi) is 6.59. The van der Waals surface area contributed by atoms with E-state index in [0.717, 1.165) is 31.5 Å². The lowest BCUT2D eigenvalue weighted by molar-refractivity contribution is 0.0951. The third kappa shape index (κ3) is 5.95. The van der Waals surface area contributed by atoms with Gasteiger partial charge in [0, 0.05) is 18.8 Å². The van der Waals surface area contributed by atoms with E-state index in [1.807, 2.05) is 12.1 Å². The van der Waals surface area contributed by atoms with Crippen molar-refractivity contribution in [3.05, 3.63) is 64.2 Å². The van der Waals surface area contributed by atoms with E-state index in [2.05, 4.69) is 27.1 Å². The number of anilines is 1. The van der Waals surface area contributed by atoms with Gasteiger partial charge in [0.1, 0.15) is 0 Å². The summed E-state index contributed by atoms with van der Waals surface area (Å²) in [6.07, 6.45) is 3.56. The Morgan fingerprint density at radius 2 is 1.82 bits per heavy atom. The van der Waals surface area contributed by atoms with Crippen molar-refractivity contribution in [3.63, 3.8) is 0 Å². The van der Waals surface area contributed by atoms with Crippen LogP contribution in [-0.2, 0) is 23.1 Å². The van der Waals surface area contributed by atoms with Gasteiger partial charge in [0.25, 0.3) is 5.91 Å². The van der Waals surface area contributed by atoms with Gasteiger partial charge < -0.3 is 5.32 Å². The molecule has 1 fully saturated rings. The minimum absolute atomic E-state index is 0.225. The van der Waals surface area contributed by atoms with Crippen molar-refractivity contribution in [2.24, 2.45) is 0 Å². The first kappa shape index (κ1) is 20.6. The zero-order valence-corrected chi connectivity index (χ0v) is 17.3. The van der Waals surface area contributed by atoms with Crippen LogP contribution in [0.3, 0.4) is 0 Å². The fraction of sp³-hybridized carbons (Fsp3) is 0.350. The minimum Gasteiger partial charge on any atom is -0.348 e. The summed E-state index contributed by atoms with van der Waals surface area (Å²) < 4.78 is 25.1. The summed E-state index contributed by atoms with van der Waals surface area (Å²) in [7, 11) is -3.43. The number of hydrogen-bond donors (Lipinski definition) is 2. The summed E-state index contributed by atoms with van der Waals surface area (Å²) in [4.78, 5) is 15.0. The standard InChI is InChI=1S/C20H24ClN3O3S/c1-28(26,27)23-17-7-8-19(21)18(12-17)20(25)22-13-15-5-4-6-16(11-15)14-24-9-2-3-10-24/h4-8,11-12,23H,2-3,9-10,13-14H2,1H3,(H,22,25). The lowest BCUT2D eigenvalue weighted by atomic mass is 10.1. The van der Waals surface area contributed by atoms with E-state index in [0.29, 0.717) is 12.2 Å². The smallest absolute Gasteiger partial charge is 0.253 e. The Bertz CT molecular complexity index is 957. The van der Waals surface area contributed by atoms with Gasteiger partial charge in [-0.25, -0.2) is 8.42 Å². The number of halogens is 1. The normalized spacial score (nSPS) is 14.8. The van der Waals surface area contributed by atoms with Gasteiger partial charge in [-0.3, -0.25) is 14.4 Å². The van der Waals surface area contributed by atoms with Crippen molar-refractivity contribution < 1.29 is 13.2 Å². The molecule has 0 radical (unpaired) electrons. The number of nitrogens with one attached hydrogen (secondary N) is 2. The number of likely N-dealkylation sites (tertiary alicyclic amines) is 1. The Morgan fingerprint density at radius 3 is 2.54 bits per heavy atom. The molecule has 1 aliphatic rings. The molecule has 6 nitrogen and oxygen atoms in total. The molecule has 0 aromatic heterocycles. The molecule has 3 rings (SSSR count). The van der Waals surface area contributed by atoms with Gasteiger partial charge in [-0.05, 0) is 55.3 Å². The molecule has 0 spiro atoms. The van der Waals surface area contributed by atoms with Gasteiger partial charge in [-0.15, -0.1) is 0 Å². The van der Waals surface area contributed by atoms with E-state index in [4.69, 9.17) is 11.6 Å². The van der Waals surface area contributed by atoms with E-state index >= 15 is 0 Å². The molecule has 0 bridgehead atoms. The molecule has 1 heterocycles. The van der Waals surface area contributed by atoms with Gasteiger partial charge >= 0.3 is 0 Å². The quantitative estimate of drug-likeness (QED) is 0.719. The van der Waals surface area contributed by atoms with Crippen LogP contribution in [0.25, 0.3) is 0 Å². The maximum Gasteiger partial charge on any atom is 0.253 e. The zero-order chi connectivity index (χ0) is 20.1. The Morgan fingerprint density at radius 1 is 1.11 bits per heavy atom. The first-order chi connectivity index (χ1) is 13.3. The first-order valence-electron chi connectivity index (χ1n) is 9.16. The molecule has 150 valence electrons. The molecule has 1 aliphatic heterocycles. The molecular weight excluding hydrogens is 398 g/mol. The van der Waals surface area contributed by atoms with Gasteiger partial charge in [-0.2, -0.15) is 0 Å². The molecule has 1 saturated heterocycles. The second-order valence-electron chi connectivity index (χ2n) is 7.05. The lowest BCUT2D eigenvalue weighted by Gasteiger charge is -2.15. The fourth-order valence-corrected chi connectivity index (χ4v) is 4.05. The van der Waals surface area contributed by atoms with E-state index in [1.165, 1.54) is 36.6 Å². The van der Waals surface area contributed by atoms with E-state index < -0.39 is 10.0 Å². The van der Waals surface area contributed by atoms with Crippen molar-refractivity contribution in [2.45, 2.75) is 25.9 Å². The predicted molar refractivity (Wildman–Crippen MR) is 112 cm³/mol. The van der Waals surface area contributed by atoms with Crippen molar-refractivity contribution in [3.8, 4) is 0 Å². The average Bonchev–Trinajstić information content (AvgIpc) is 3.13. The Hall–Kier alpha value is -2.09. The molecule has 2 N–H and O–H groups in total. The average molecular weight is 422 g/mol. The van der Waals surface area contributed by atoms with Crippen LogP contribution in [0.15, 0.2) is 42.5 Å². The molecular formula is C20H24ClN3O3S. The minimum atomic E-state index is -3.43. The highest BCUT2D eigenvalue weighted by molar-refractivity contribution is 7.92. The monoisotopic (exact) mass is 421 g/mol. The molecule has 0 aliphatic carbocycles. The molecule has 0 atom stereocenters. The second kappa shape index (κ2) is 8.94. The number of carbonyl (C=O) groups is 1. The van der Waals surface area contributed by atoms with Crippen molar-refractivity contribution >= 4 is 33.2 Å². The number of benzene rings is 2. The summed E-state index contributed by atoms with van der Waals surface area (Å²) in [5.41, 5.74) is 2.76. The first-order valence-corrected chi connectivity index (χ1v) is 11.4. The van der Waals surface area contributed by atoms with Crippen LogP contribution >= 0.6 is 11.6 Å². The molecule has 28 heavy (non-hydrogen) atoms. The topological polar surface area (TPSA) is 78.5 Å². The van der Waals surface area contributed by atoms with Crippen LogP contribution in [0.4, 0.5) is 5.69 Å². The fourth-order valence-electron chi connectivity index (χ4n) is 3.29. The molecule has 2 aromatic rings. The molecule has 2 aromatic carbocycles. The summed E-state index contributed by atoms with van der Waals surface area (Å²) in [5, 5.41) is 3.12. The number of sulfonamides is 1. The summed E-state index contributed by atoms with van der Waals surface area (Å²) in [5.74, 6) is -0.355. The number of amides is 1. The third-order valence-electron chi connectivity index (χ3n) is 4.56. The largest absolute Gasteiger partial charge is 0.348 e. The predicted octanol–water partition coefficient (Wildman–Crippen LogP) is 3.24. The number of carbonyl (C=O) groups excluding carboxylic acids is 1. The SMILES string of the molecule is CS(=O)(=O)Nc1ccc(Cl)c(C(=O)NCc2cccc(CN3CCCC3)c2)c1. The van der Waals surface area contributed by atoms with Gasteiger partial charge in [0.15, 0.2) is 0 Å². The van der Waals surface area contributed by atoms with Crippen LogP contribution in [0.1, 0.15) is 34.3 Å².